The second-order valence-corrected chi connectivity index (χ2v) is 7.05. The summed E-state index contributed by atoms with van der Waals surface area (Å²) >= 11 is 5.86. The van der Waals surface area contributed by atoms with Gasteiger partial charge in [0.15, 0.2) is 0 Å². The minimum absolute atomic E-state index is 0.258. The van der Waals surface area contributed by atoms with Crippen molar-refractivity contribution in [1.29, 1.82) is 0 Å². The highest BCUT2D eigenvalue weighted by Crippen LogP contribution is 2.20. The Hall–Kier alpha value is -0.690. The molecule has 1 aromatic carbocycles. The molecule has 1 heterocycles. The molecule has 2 rings (SSSR count). The summed E-state index contributed by atoms with van der Waals surface area (Å²) in [5.74, 6) is 0. The molecule has 5 atom stereocenters. The van der Waals surface area contributed by atoms with E-state index < -0.39 is 30.4 Å². The highest BCUT2D eigenvalue weighted by molar-refractivity contribution is 6.30. The molecule has 0 amide bonds. The fourth-order valence-corrected chi connectivity index (χ4v) is 3.39. The minimum Gasteiger partial charge on any atom is -0.395 e. The van der Waals surface area contributed by atoms with E-state index in [0.717, 1.165) is 37.1 Å². The summed E-state index contributed by atoms with van der Waals surface area (Å²) in [4.78, 5) is 0. The fraction of sp³-hybridized carbons (Fsp3) is 0.667. The number of hydrogen-bond donors (Lipinski definition) is 5. The molecule has 136 valence electrons. The third kappa shape index (κ3) is 5.41. The van der Waals surface area contributed by atoms with Gasteiger partial charge in [-0.15, -0.1) is 0 Å². The Morgan fingerprint density at radius 3 is 2.29 bits per heavy atom. The molecule has 1 aliphatic rings. The Kier molecular flexibility index (Phi) is 7.94. The number of benzene rings is 1. The standard InChI is InChI=1S/C18H28ClNO4/c19-13-9-7-12(8-10-13)5-3-1-2-4-6-15(22)16-18(24)17(23)14(11-21)20-16/h7-10,14-18,20-24H,1-6,11H2/t14-,15-,16-,17-,18-/m0/s1. The molecule has 1 aliphatic heterocycles. The lowest BCUT2D eigenvalue weighted by atomic mass is 9.98. The van der Waals surface area contributed by atoms with Gasteiger partial charge in [0.05, 0.1) is 37.0 Å². The number of halogens is 1. The highest BCUT2D eigenvalue weighted by atomic mass is 35.5. The molecule has 0 bridgehead atoms. The smallest absolute Gasteiger partial charge is 0.0993 e. The predicted octanol–water partition coefficient (Wildman–Crippen LogP) is 1.25. The summed E-state index contributed by atoms with van der Waals surface area (Å²) in [5.41, 5.74) is 1.28. The number of aliphatic hydroxyl groups excluding tert-OH is 4. The van der Waals surface area contributed by atoms with Crippen LogP contribution in [-0.2, 0) is 6.42 Å². The third-order valence-electron chi connectivity index (χ3n) is 4.78. The van der Waals surface area contributed by atoms with Gasteiger partial charge in [0.2, 0.25) is 0 Å². The lowest BCUT2D eigenvalue weighted by Gasteiger charge is -2.22. The summed E-state index contributed by atoms with van der Waals surface area (Å²) in [5, 5.41) is 42.6. The maximum absolute atomic E-state index is 10.2. The van der Waals surface area contributed by atoms with Gasteiger partial charge in [-0.25, -0.2) is 0 Å². The van der Waals surface area contributed by atoms with Crippen molar-refractivity contribution in [2.24, 2.45) is 0 Å². The van der Waals surface area contributed by atoms with Gasteiger partial charge < -0.3 is 25.7 Å². The molecule has 5 N–H and O–H groups in total. The van der Waals surface area contributed by atoms with Crippen LogP contribution >= 0.6 is 11.6 Å². The van der Waals surface area contributed by atoms with Gasteiger partial charge in [-0.1, -0.05) is 43.0 Å². The molecule has 0 saturated carbocycles. The number of hydrogen-bond acceptors (Lipinski definition) is 5. The molecule has 6 heteroatoms. The Morgan fingerprint density at radius 1 is 1.00 bits per heavy atom. The van der Waals surface area contributed by atoms with Gasteiger partial charge in [-0.2, -0.15) is 0 Å². The molecule has 1 aromatic rings. The van der Waals surface area contributed by atoms with Gasteiger partial charge in [0.25, 0.3) is 0 Å². The van der Waals surface area contributed by atoms with Crippen LogP contribution in [0.1, 0.15) is 37.7 Å². The van der Waals surface area contributed by atoms with Crippen LogP contribution in [0.3, 0.4) is 0 Å². The van der Waals surface area contributed by atoms with Gasteiger partial charge in [0.1, 0.15) is 0 Å². The van der Waals surface area contributed by atoms with E-state index in [0.29, 0.717) is 6.42 Å². The molecule has 0 aromatic heterocycles. The van der Waals surface area contributed by atoms with Crippen LogP contribution in [0.2, 0.25) is 5.02 Å². The highest BCUT2D eigenvalue weighted by Gasteiger charge is 2.43. The van der Waals surface area contributed by atoms with Crippen LogP contribution in [0.4, 0.5) is 0 Å². The van der Waals surface area contributed by atoms with Gasteiger partial charge in [-0.05, 0) is 37.0 Å². The number of aliphatic hydroxyl groups is 4. The van der Waals surface area contributed by atoms with E-state index in [-0.39, 0.29) is 6.61 Å². The van der Waals surface area contributed by atoms with Crippen LogP contribution in [0.15, 0.2) is 24.3 Å². The minimum atomic E-state index is -1.04. The molecule has 24 heavy (non-hydrogen) atoms. The van der Waals surface area contributed by atoms with E-state index in [1.165, 1.54) is 5.56 Å². The molecule has 1 fully saturated rings. The summed E-state index contributed by atoms with van der Waals surface area (Å²) in [7, 11) is 0. The van der Waals surface area contributed by atoms with Gasteiger partial charge >= 0.3 is 0 Å². The average molecular weight is 358 g/mol. The van der Waals surface area contributed by atoms with Crippen molar-refractivity contribution in [3.8, 4) is 0 Å². The summed E-state index contributed by atoms with van der Waals surface area (Å²) in [6.07, 6.45) is 2.85. The third-order valence-corrected chi connectivity index (χ3v) is 5.03. The first-order valence-electron chi connectivity index (χ1n) is 8.68. The Balaban J connectivity index is 1.59. The molecule has 1 saturated heterocycles. The first-order chi connectivity index (χ1) is 11.5. The molecule has 0 aliphatic carbocycles. The Morgan fingerprint density at radius 2 is 1.67 bits per heavy atom. The van der Waals surface area contributed by atoms with Crippen molar-refractivity contribution in [2.75, 3.05) is 6.61 Å². The maximum atomic E-state index is 10.2. The summed E-state index contributed by atoms with van der Waals surface area (Å²) < 4.78 is 0. The summed E-state index contributed by atoms with van der Waals surface area (Å²) in [6.45, 7) is -0.258. The van der Waals surface area contributed by atoms with Gasteiger partial charge in [-0.3, -0.25) is 0 Å². The zero-order valence-corrected chi connectivity index (χ0v) is 14.6. The zero-order chi connectivity index (χ0) is 17.5. The summed E-state index contributed by atoms with van der Waals surface area (Å²) in [6, 6.07) is 6.75. The number of nitrogens with one attached hydrogen (secondary N) is 1. The van der Waals surface area contributed by atoms with Crippen molar-refractivity contribution < 1.29 is 20.4 Å². The second-order valence-electron chi connectivity index (χ2n) is 6.61. The Bertz CT molecular complexity index is 484. The van der Waals surface area contributed by atoms with E-state index in [2.05, 4.69) is 5.32 Å². The number of aryl methyl sites for hydroxylation is 1. The molecule has 0 spiro atoms. The molecular weight excluding hydrogens is 330 g/mol. The fourth-order valence-electron chi connectivity index (χ4n) is 3.26. The van der Waals surface area contributed by atoms with E-state index in [1.54, 1.807) is 0 Å². The SMILES string of the molecule is OC[C@@H]1N[C@@H]([C@@H](O)CCCCCCc2ccc(Cl)cc2)[C@H](O)[C@H]1O. The normalized spacial score (nSPS) is 28.2. The predicted molar refractivity (Wildman–Crippen MR) is 94.1 cm³/mol. The molecule has 5 nitrogen and oxygen atoms in total. The number of rotatable bonds is 9. The van der Waals surface area contributed by atoms with Crippen molar-refractivity contribution in [3.63, 3.8) is 0 Å². The van der Waals surface area contributed by atoms with Crippen LogP contribution < -0.4 is 5.32 Å². The first kappa shape index (κ1) is 19.6. The van der Waals surface area contributed by atoms with E-state index >= 15 is 0 Å². The van der Waals surface area contributed by atoms with Crippen LogP contribution in [-0.4, -0.2) is 57.4 Å². The quantitative estimate of drug-likeness (QED) is 0.429. The largest absolute Gasteiger partial charge is 0.395 e. The van der Waals surface area contributed by atoms with Crippen molar-refractivity contribution in [2.45, 2.75) is 68.9 Å². The molecular formula is C18H28ClNO4. The second kappa shape index (κ2) is 9.70. The molecule has 0 radical (unpaired) electrons. The maximum Gasteiger partial charge on any atom is 0.0993 e. The van der Waals surface area contributed by atoms with Crippen LogP contribution in [0, 0.1) is 0 Å². The lowest BCUT2D eigenvalue weighted by molar-refractivity contribution is -0.00443. The Labute approximate surface area is 148 Å². The van der Waals surface area contributed by atoms with Crippen molar-refractivity contribution in [1.82, 2.24) is 5.32 Å². The van der Waals surface area contributed by atoms with E-state index in [9.17, 15) is 15.3 Å². The van der Waals surface area contributed by atoms with Crippen molar-refractivity contribution >= 4 is 11.6 Å². The van der Waals surface area contributed by atoms with E-state index in [4.69, 9.17) is 16.7 Å². The topological polar surface area (TPSA) is 93.0 Å². The lowest BCUT2D eigenvalue weighted by Crippen LogP contribution is -2.44. The monoisotopic (exact) mass is 357 g/mol. The zero-order valence-electron chi connectivity index (χ0n) is 13.8. The average Bonchev–Trinajstić information content (AvgIpc) is 2.87. The van der Waals surface area contributed by atoms with Gasteiger partial charge in [0, 0.05) is 5.02 Å². The van der Waals surface area contributed by atoms with Crippen LogP contribution in [0.5, 0.6) is 0 Å². The molecule has 0 unspecified atom stereocenters. The van der Waals surface area contributed by atoms with Crippen LogP contribution in [0.25, 0.3) is 0 Å². The number of unbranched alkanes of at least 4 members (excludes halogenated alkanes) is 3. The first-order valence-corrected chi connectivity index (χ1v) is 9.06. The van der Waals surface area contributed by atoms with E-state index in [1.807, 2.05) is 24.3 Å². The van der Waals surface area contributed by atoms with Crippen molar-refractivity contribution in [3.05, 3.63) is 34.9 Å².